The first kappa shape index (κ1) is 15.4. The van der Waals surface area contributed by atoms with Gasteiger partial charge in [-0.2, -0.15) is 0 Å². The number of rotatable bonds is 6. The van der Waals surface area contributed by atoms with Gasteiger partial charge in [-0.1, -0.05) is 46.0 Å². The van der Waals surface area contributed by atoms with Crippen LogP contribution in [0.3, 0.4) is 0 Å². The van der Waals surface area contributed by atoms with Crippen molar-refractivity contribution in [2.24, 2.45) is 17.8 Å². The van der Waals surface area contributed by atoms with E-state index in [0.717, 1.165) is 24.4 Å². The lowest BCUT2D eigenvalue weighted by Crippen LogP contribution is -2.30. The Morgan fingerprint density at radius 2 is 1.63 bits per heavy atom. The van der Waals surface area contributed by atoms with Gasteiger partial charge >= 0.3 is 0 Å². The van der Waals surface area contributed by atoms with Crippen molar-refractivity contribution in [3.63, 3.8) is 0 Å². The predicted molar refractivity (Wildman–Crippen MR) is 82.3 cm³/mol. The molecule has 2 aliphatic carbocycles. The number of ether oxygens (including phenoxy) is 1. The predicted octanol–water partition coefficient (Wildman–Crippen LogP) is 5.58. The molecule has 2 saturated carbocycles. The molecule has 0 aromatic carbocycles. The van der Waals surface area contributed by atoms with Crippen molar-refractivity contribution in [3.8, 4) is 0 Å². The Morgan fingerprint density at radius 3 is 2.32 bits per heavy atom. The van der Waals surface area contributed by atoms with Crippen LogP contribution in [0.25, 0.3) is 0 Å². The molecule has 0 bridgehead atoms. The van der Waals surface area contributed by atoms with E-state index in [-0.39, 0.29) is 0 Å². The SMILES string of the molecule is CCCOC1CCCC(C2CCC(CCC)CC2)C1. The largest absolute Gasteiger partial charge is 0.378 e. The monoisotopic (exact) mass is 266 g/mol. The molecule has 2 atom stereocenters. The Balaban J connectivity index is 1.72. The molecule has 0 aromatic rings. The van der Waals surface area contributed by atoms with E-state index in [9.17, 15) is 0 Å². The molecule has 1 heteroatoms. The van der Waals surface area contributed by atoms with Crippen LogP contribution in [-0.4, -0.2) is 12.7 Å². The standard InChI is InChI=1S/C18H34O/c1-3-6-15-9-11-16(12-10-15)17-7-5-8-18(14-17)19-13-4-2/h15-18H,3-14H2,1-2H3. The maximum Gasteiger partial charge on any atom is 0.0577 e. The summed E-state index contributed by atoms with van der Waals surface area (Å²) in [5.74, 6) is 3.07. The smallest absolute Gasteiger partial charge is 0.0577 e. The molecule has 2 aliphatic rings. The van der Waals surface area contributed by atoms with Crippen molar-refractivity contribution < 1.29 is 4.74 Å². The van der Waals surface area contributed by atoms with E-state index in [1.807, 2.05) is 0 Å². The first-order chi connectivity index (χ1) is 9.33. The van der Waals surface area contributed by atoms with E-state index < -0.39 is 0 Å². The van der Waals surface area contributed by atoms with Crippen LogP contribution in [0.4, 0.5) is 0 Å². The van der Waals surface area contributed by atoms with Crippen LogP contribution in [0.15, 0.2) is 0 Å². The first-order valence-electron chi connectivity index (χ1n) is 8.95. The van der Waals surface area contributed by atoms with Crippen molar-refractivity contribution in [1.82, 2.24) is 0 Å². The highest BCUT2D eigenvalue weighted by Crippen LogP contribution is 2.41. The normalized spacial score (nSPS) is 36.3. The van der Waals surface area contributed by atoms with Crippen LogP contribution in [0.1, 0.15) is 84.5 Å². The molecule has 19 heavy (non-hydrogen) atoms. The van der Waals surface area contributed by atoms with Gasteiger partial charge < -0.3 is 4.74 Å². The zero-order valence-corrected chi connectivity index (χ0v) is 13.2. The van der Waals surface area contributed by atoms with Gasteiger partial charge in [0, 0.05) is 6.61 Å². The van der Waals surface area contributed by atoms with Crippen LogP contribution in [0.2, 0.25) is 0 Å². The summed E-state index contributed by atoms with van der Waals surface area (Å²) < 4.78 is 6.01. The third-order valence-corrected chi connectivity index (χ3v) is 5.48. The van der Waals surface area contributed by atoms with Crippen LogP contribution >= 0.6 is 0 Å². The van der Waals surface area contributed by atoms with Crippen molar-refractivity contribution in [1.29, 1.82) is 0 Å². The molecule has 0 saturated heterocycles. The molecule has 0 amide bonds. The molecule has 0 spiro atoms. The quantitative estimate of drug-likeness (QED) is 0.610. The van der Waals surface area contributed by atoms with E-state index in [4.69, 9.17) is 4.74 Å². The maximum absolute atomic E-state index is 6.01. The van der Waals surface area contributed by atoms with Crippen LogP contribution in [0.5, 0.6) is 0 Å². The summed E-state index contributed by atoms with van der Waals surface area (Å²) in [7, 11) is 0. The Morgan fingerprint density at radius 1 is 0.842 bits per heavy atom. The summed E-state index contributed by atoms with van der Waals surface area (Å²) in [6, 6.07) is 0. The van der Waals surface area contributed by atoms with E-state index in [1.54, 1.807) is 0 Å². The highest BCUT2D eigenvalue weighted by atomic mass is 16.5. The van der Waals surface area contributed by atoms with Gasteiger partial charge in [0.25, 0.3) is 0 Å². The second kappa shape index (κ2) is 8.29. The average molecular weight is 266 g/mol. The minimum Gasteiger partial charge on any atom is -0.378 e. The van der Waals surface area contributed by atoms with Crippen molar-refractivity contribution in [3.05, 3.63) is 0 Å². The summed E-state index contributed by atoms with van der Waals surface area (Å²) in [4.78, 5) is 0. The second-order valence-electron chi connectivity index (χ2n) is 6.99. The molecular formula is C18H34O. The fraction of sp³-hybridized carbons (Fsp3) is 1.00. The fourth-order valence-electron chi connectivity index (χ4n) is 4.40. The Bertz CT molecular complexity index is 230. The molecule has 2 fully saturated rings. The van der Waals surface area contributed by atoms with Crippen LogP contribution < -0.4 is 0 Å². The highest BCUT2D eigenvalue weighted by molar-refractivity contribution is 4.82. The molecule has 0 heterocycles. The molecule has 1 nitrogen and oxygen atoms in total. The first-order valence-corrected chi connectivity index (χ1v) is 8.95. The maximum atomic E-state index is 6.01. The van der Waals surface area contributed by atoms with Gasteiger partial charge in [-0.05, 0) is 56.3 Å². The number of hydrogen-bond donors (Lipinski definition) is 0. The van der Waals surface area contributed by atoms with Gasteiger partial charge in [-0.25, -0.2) is 0 Å². The topological polar surface area (TPSA) is 9.23 Å². The number of hydrogen-bond acceptors (Lipinski definition) is 1. The summed E-state index contributed by atoms with van der Waals surface area (Å²) in [6.07, 6.45) is 16.2. The zero-order valence-electron chi connectivity index (χ0n) is 13.2. The zero-order chi connectivity index (χ0) is 13.5. The van der Waals surface area contributed by atoms with Gasteiger partial charge in [0.05, 0.1) is 6.10 Å². The third-order valence-electron chi connectivity index (χ3n) is 5.48. The minimum absolute atomic E-state index is 0.590. The fourth-order valence-corrected chi connectivity index (χ4v) is 4.40. The van der Waals surface area contributed by atoms with Crippen molar-refractivity contribution in [2.75, 3.05) is 6.61 Å². The molecular weight excluding hydrogens is 232 g/mol. The van der Waals surface area contributed by atoms with E-state index in [2.05, 4.69) is 13.8 Å². The molecule has 2 rings (SSSR count). The Hall–Kier alpha value is -0.0400. The molecule has 0 aromatic heterocycles. The lowest BCUT2D eigenvalue weighted by Gasteiger charge is -2.38. The summed E-state index contributed by atoms with van der Waals surface area (Å²) in [5.41, 5.74) is 0. The summed E-state index contributed by atoms with van der Waals surface area (Å²) in [5, 5.41) is 0. The molecule has 0 N–H and O–H groups in total. The lowest BCUT2D eigenvalue weighted by atomic mass is 9.70. The molecule has 2 unspecified atom stereocenters. The van der Waals surface area contributed by atoms with Crippen LogP contribution in [0, 0.1) is 17.8 Å². The molecule has 112 valence electrons. The Labute approximate surface area is 120 Å². The summed E-state index contributed by atoms with van der Waals surface area (Å²) in [6.45, 7) is 5.53. The van der Waals surface area contributed by atoms with Crippen molar-refractivity contribution in [2.45, 2.75) is 90.6 Å². The van der Waals surface area contributed by atoms with Gasteiger partial charge in [0.15, 0.2) is 0 Å². The lowest BCUT2D eigenvalue weighted by molar-refractivity contribution is -0.00183. The molecule has 0 aliphatic heterocycles. The summed E-state index contributed by atoms with van der Waals surface area (Å²) >= 11 is 0. The van der Waals surface area contributed by atoms with E-state index >= 15 is 0 Å². The van der Waals surface area contributed by atoms with E-state index in [0.29, 0.717) is 6.10 Å². The second-order valence-corrected chi connectivity index (χ2v) is 6.99. The average Bonchev–Trinajstić information content (AvgIpc) is 2.46. The third kappa shape index (κ3) is 4.77. The highest BCUT2D eigenvalue weighted by Gasteiger charge is 2.31. The van der Waals surface area contributed by atoms with Gasteiger partial charge in [-0.3, -0.25) is 0 Å². The molecule has 0 radical (unpaired) electrons. The van der Waals surface area contributed by atoms with Gasteiger partial charge in [-0.15, -0.1) is 0 Å². The van der Waals surface area contributed by atoms with Gasteiger partial charge in [0.2, 0.25) is 0 Å². The van der Waals surface area contributed by atoms with Crippen molar-refractivity contribution >= 4 is 0 Å². The van der Waals surface area contributed by atoms with Gasteiger partial charge in [0.1, 0.15) is 0 Å². The van der Waals surface area contributed by atoms with Crippen LogP contribution in [-0.2, 0) is 4.74 Å². The van der Waals surface area contributed by atoms with E-state index in [1.165, 1.54) is 70.6 Å². The minimum atomic E-state index is 0.590. The Kier molecular flexibility index (Phi) is 6.70.